The predicted octanol–water partition coefficient (Wildman–Crippen LogP) is 2.72. The molecule has 0 aromatic carbocycles. The minimum atomic E-state index is 0.0752. The number of aryl methyl sites for hydroxylation is 1. The molecule has 110 valence electrons. The van der Waals surface area contributed by atoms with Crippen molar-refractivity contribution in [2.75, 3.05) is 17.2 Å². The van der Waals surface area contributed by atoms with Crippen molar-refractivity contribution in [2.24, 2.45) is 0 Å². The molecule has 0 aliphatic rings. The number of nitrogens with zero attached hydrogens (tertiary/aromatic N) is 4. The van der Waals surface area contributed by atoms with Crippen molar-refractivity contribution in [3.63, 3.8) is 0 Å². The van der Waals surface area contributed by atoms with Crippen molar-refractivity contribution >= 4 is 34.1 Å². The quantitative estimate of drug-likeness (QED) is 0.671. The van der Waals surface area contributed by atoms with E-state index in [0.29, 0.717) is 11.6 Å². The highest BCUT2D eigenvalue weighted by atomic mass is 32.1. The maximum absolute atomic E-state index is 4.52. The lowest BCUT2D eigenvalue weighted by atomic mass is 10.3. The molecule has 0 amide bonds. The average Bonchev–Trinajstić information content (AvgIpc) is 3.07. The molecule has 0 saturated heterocycles. The standard InChI is InChI=1S/C13H17N7S/c1-4-14-13-18-10(9-5-15-20-11(9)19-13)17-8(3)12-16-7(2)6-21-12/h5-6,8H,4H2,1-3H3,(H3,14,15,17,18,19,20). The summed E-state index contributed by atoms with van der Waals surface area (Å²) in [5.41, 5.74) is 1.75. The first-order chi connectivity index (χ1) is 10.2. The van der Waals surface area contributed by atoms with Crippen molar-refractivity contribution in [1.29, 1.82) is 0 Å². The predicted molar refractivity (Wildman–Crippen MR) is 84.7 cm³/mol. The van der Waals surface area contributed by atoms with E-state index in [4.69, 9.17) is 0 Å². The molecule has 0 saturated carbocycles. The van der Waals surface area contributed by atoms with Crippen LogP contribution in [0.4, 0.5) is 11.8 Å². The van der Waals surface area contributed by atoms with Gasteiger partial charge in [-0.05, 0) is 20.8 Å². The molecule has 3 rings (SSSR count). The number of thiazole rings is 1. The molecule has 8 heteroatoms. The van der Waals surface area contributed by atoms with Crippen LogP contribution >= 0.6 is 11.3 Å². The van der Waals surface area contributed by atoms with Gasteiger partial charge in [-0.3, -0.25) is 5.10 Å². The second kappa shape index (κ2) is 5.65. The summed E-state index contributed by atoms with van der Waals surface area (Å²) in [7, 11) is 0. The molecule has 3 heterocycles. The zero-order chi connectivity index (χ0) is 14.8. The van der Waals surface area contributed by atoms with Gasteiger partial charge in [0.05, 0.1) is 17.6 Å². The molecule has 0 bridgehead atoms. The van der Waals surface area contributed by atoms with Crippen LogP contribution < -0.4 is 10.6 Å². The van der Waals surface area contributed by atoms with Gasteiger partial charge in [-0.25, -0.2) is 4.98 Å². The SMILES string of the molecule is CCNc1nc(NC(C)c2nc(C)cs2)c2cn[nH]c2n1. The monoisotopic (exact) mass is 303 g/mol. The number of aromatic nitrogens is 5. The van der Waals surface area contributed by atoms with E-state index in [1.807, 2.05) is 19.2 Å². The molecule has 3 aromatic rings. The summed E-state index contributed by atoms with van der Waals surface area (Å²) in [5.74, 6) is 1.34. The Morgan fingerprint density at radius 2 is 2.19 bits per heavy atom. The first-order valence-corrected chi connectivity index (χ1v) is 7.69. The third-order valence-corrected chi connectivity index (χ3v) is 4.15. The lowest BCUT2D eigenvalue weighted by Crippen LogP contribution is -2.10. The number of nitrogens with one attached hydrogen (secondary N) is 3. The van der Waals surface area contributed by atoms with Gasteiger partial charge in [0.1, 0.15) is 10.8 Å². The van der Waals surface area contributed by atoms with Crippen LogP contribution in [0.15, 0.2) is 11.6 Å². The van der Waals surface area contributed by atoms with E-state index >= 15 is 0 Å². The first-order valence-electron chi connectivity index (χ1n) is 6.81. The molecule has 3 aromatic heterocycles. The van der Waals surface area contributed by atoms with Crippen LogP contribution in [0.25, 0.3) is 11.0 Å². The lowest BCUT2D eigenvalue weighted by molar-refractivity contribution is 0.856. The highest BCUT2D eigenvalue weighted by molar-refractivity contribution is 7.09. The summed E-state index contributed by atoms with van der Waals surface area (Å²) >= 11 is 1.64. The maximum atomic E-state index is 4.52. The van der Waals surface area contributed by atoms with Gasteiger partial charge in [0.2, 0.25) is 5.95 Å². The molecule has 1 atom stereocenters. The van der Waals surface area contributed by atoms with Crippen LogP contribution in [0.1, 0.15) is 30.6 Å². The Hall–Kier alpha value is -2.22. The Labute approximate surface area is 126 Å². The van der Waals surface area contributed by atoms with Crippen molar-refractivity contribution in [2.45, 2.75) is 26.8 Å². The summed E-state index contributed by atoms with van der Waals surface area (Å²) < 4.78 is 0. The topological polar surface area (TPSA) is 91.4 Å². The zero-order valence-electron chi connectivity index (χ0n) is 12.1. The molecule has 21 heavy (non-hydrogen) atoms. The Morgan fingerprint density at radius 1 is 1.33 bits per heavy atom. The molecule has 0 radical (unpaired) electrons. The van der Waals surface area contributed by atoms with Gasteiger partial charge >= 0.3 is 0 Å². The maximum Gasteiger partial charge on any atom is 0.226 e. The van der Waals surface area contributed by atoms with Crippen molar-refractivity contribution < 1.29 is 0 Å². The smallest absolute Gasteiger partial charge is 0.226 e. The molecular formula is C13H17N7S. The fourth-order valence-corrected chi connectivity index (χ4v) is 2.82. The summed E-state index contributed by atoms with van der Waals surface area (Å²) in [5, 5.41) is 17.4. The van der Waals surface area contributed by atoms with Gasteiger partial charge in [-0.1, -0.05) is 0 Å². The van der Waals surface area contributed by atoms with Crippen molar-refractivity contribution in [3.8, 4) is 0 Å². The number of rotatable bonds is 5. The van der Waals surface area contributed by atoms with Crippen molar-refractivity contribution in [1.82, 2.24) is 25.1 Å². The van der Waals surface area contributed by atoms with E-state index in [0.717, 1.165) is 28.5 Å². The normalized spacial score (nSPS) is 12.5. The molecule has 3 N–H and O–H groups in total. The number of fused-ring (bicyclic) bond motifs is 1. The summed E-state index contributed by atoms with van der Waals surface area (Å²) in [4.78, 5) is 13.4. The zero-order valence-corrected chi connectivity index (χ0v) is 13.0. The summed E-state index contributed by atoms with van der Waals surface area (Å²) in [6.45, 7) is 6.84. The second-order valence-corrected chi connectivity index (χ2v) is 5.64. The van der Waals surface area contributed by atoms with E-state index < -0.39 is 0 Å². The summed E-state index contributed by atoms with van der Waals surface area (Å²) in [6, 6.07) is 0.0752. The number of hydrogen-bond acceptors (Lipinski definition) is 7. The third kappa shape index (κ3) is 2.80. The molecular weight excluding hydrogens is 286 g/mol. The number of aromatic amines is 1. The Morgan fingerprint density at radius 3 is 2.90 bits per heavy atom. The number of hydrogen-bond donors (Lipinski definition) is 3. The summed E-state index contributed by atoms with van der Waals surface area (Å²) in [6.07, 6.45) is 1.73. The highest BCUT2D eigenvalue weighted by Crippen LogP contribution is 2.26. The van der Waals surface area contributed by atoms with Crippen LogP contribution in [-0.2, 0) is 0 Å². The van der Waals surface area contributed by atoms with E-state index in [-0.39, 0.29) is 6.04 Å². The van der Waals surface area contributed by atoms with Crippen LogP contribution in [-0.4, -0.2) is 31.7 Å². The van der Waals surface area contributed by atoms with E-state index in [9.17, 15) is 0 Å². The van der Waals surface area contributed by atoms with Crippen LogP contribution in [0, 0.1) is 6.92 Å². The van der Waals surface area contributed by atoms with Crippen LogP contribution in [0.2, 0.25) is 0 Å². The Bertz CT molecular complexity index is 748. The molecule has 1 unspecified atom stereocenters. The highest BCUT2D eigenvalue weighted by Gasteiger charge is 2.14. The van der Waals surface area contributed by atoms with Gasteiger partial charge in [-0.2, -0.15) is 15.1 Å². The first kappa shape index (κ1) is 13.7. The minimum Gasteiger partial charge on any atom is -0.360 e. The second-order valence-electron chi connectivity index (χ2n) is 4.75. The largest absolute Gasteiger partial charge is 0.360 e. The minimum absolute atomic E-state index is 0.0752. The third-order valence-electron chi connectivity index (χ3n) is 3.01. The molecule has 0 aliphatic heterocycles. The van der Waals surface area contributed by atoms with Gasteiger partial charge in [0.15, 0.2) is 5.65 Å². The van der Waals surface area contributed by atoms with E-state index in [1.165, 1.54) is 0 Å². The molecule has 0 spiro atoms. The Kier molecular flexibility index (Phi) is 3.70. The van der Waals surface area contributed by atoms with Gasteiger partial charge in [-0.15, -0.1) is 11.3 Å². The van der Waals surface area contributed by atoms with Gasteiger partial charge in [0, 0.05) is 17.6 Å². The fraction of sp³-hybridized carbons (Fsp3) is 0.385. The van der Waals surface area contributed by atoms with Gasteiger partial charge in [0.25, 0.3) is 0 Å². The van der Waals surface area contributed by atoms with Crippen LogP contribution in [0.3, 0.4) is 0 Å². The molecule has 0 aliphatic carbocycles. The Balaban J connectivity index is 1.93. The van der Waals surface area contributed by atoms with Crippen LogP contribution in [0.5, 0.6) is 0 Å². The van der Waals surface area contributed by atoms with E-state index in [1.54, 1.807) is 17.5 Å². The lowest BCUT2D eigenvalue weighted by Gasteiger charge is -2.13. The van der Waals surface area contributed by atoms with E-state index in [2.05, 4.69) is 42.7 Å². The van der Waals surface area contributed by atoms with Gasteiger partial charge < -0.3 is 10.6 Å². The molecule has 0 fully saturated rings. The number of H-pyrrole nitrogens is 1. The average molecular weight is 303 g/mol. The molecule has 7 nitrogen and oxygen atoms in total. The number of anilines is 2. The van der Waals surface area contributed by atoms with Crippen molar-refractivity contribution in [3.05, 3.63) is 22.3 Å². The fourth-order valence-electron chi connectivity index (χ4n) is 2.02.